The van der Waals surface area contributed by atoms with E-state index < -0.39 is 5.54 Å². The van der Waals surface area contributed by atoms with Crippen molar-refractivity contribution < 1.29 is 4.39 Å². The molecule has 0 bridgehead atoms. The lowest BCUT2D eigenvalue weighted by Gasteiger charge is -2.42. The Hall–Kier alpha value is -4.31. The summed E-state index contributed by atoms with van der Waals surface area (Å²) in [5, 5.41) is 4.56. The molecule has 38 heavy (non-hydrogen) atoms. The maximum atomic E-state index is 13.6. The second-order valence-corrected chi connectivity index (χ2v) is 10.2. The first-order valence-corrected chi connectivity index (χ1v) is 12.7. The molecule has 0 amide bonds. The smallest absolute Gasteiger partial charge is 0.151 e. The van der Waals surface area contributed by atoms with Gasteiger partial charge in [-0.15, -0.1) is 0 Å². The van der Waals surface area contributed by atoms with Crippen molar-refractivity contribution in [3.8, 4) is 11.3 Å². The molecule has 1 aliphatic heterocycles. The number of halogens is 1. The summed E-state index contributed by atoms with van der Waals surface area (Å²) >= 11 is 0. The van der Waals surface area contributed by atoms with Crippen LogP contribution < -0.4 is 16.4 Å². The molecule has 0 radical (unpaired) electrons. The summed E-state index contributed by atoms with van der Waals surface area (Å²) in [5.41, 5.74) is 18.9. The SMILES string of the molecule is Cn1ccc(C[C@@]2(N)CCCN(c3cnc(-c4ccc(F)cc4)cc3Cn3cnc4c(N)nccc43)C2)n1. The van der Waals surface area contributed by atoms with Crippen molar-refractivity contribution in [2.75, 3.05) is 23.7 Å². The molecule has 10 heteroatoms. The molecular formula is C28H30FN9. The van der Waals surface area contributed by atoms with Gasteiger partial charge in [0.2, 0.25) is 0 Å². The number of rotatable bonds is 6. The van der Waals surface area contributed by atoms with Crippen LogP contribution in [0.4, 0.5) is 15.9 Å². The second kappa shape index (κ2) is 9.53. The summed E-state index contributed by atoms with van der Waals surface area (Å²) in [5.74, 6) is 0.129. The van der Waals surface area contributed by atoms with Crippen molar-refractivity contribution in [3.05, 3.63) is 84.5 Å². The number of piperidine rings is 1. The molecule has 4 aromatic heterocycles. The number of hydrogen-bond donors (Lipinski definition) is 2. The zero-order chi connectivity index (χ0) is 26.3. The number of fused-ring (bicyclic) bond motifs is 1. The molecule has 0 aliphatic carbocycles. The van der Waals surface area contributed by atoms with E-state index in [0.29, 0.717) is 30.8 Å². The minimum Gasteiger partial charge on any atom is -0.382 e. The van der Waals surface area contributed by atoms with Gasteiger partial charge in [-0.25, -0.2) is 14.4 Å². The summed E-state index contributed by atoms with van der Waals surface area (Å²) in [4.78, 5) is 15.8. The topological polar surface area (TPSA) is 117 Å². The van der Waals surface area contributed by atoms with E-state index in [1.165, 1.54) is 12.1 Å². The number of pyridine rings is 2. The van der Waals surface area contributed by atoms with E-state index in [9.17, 15) is 4.39 Å². The summed E-state index contributed by atoms with van der Waals surface area (Å²) in [6.07, 6.45) is 9.95. The average Bonchev–Trinajstić information content (AvgIpc) is 3.50. The van der Waals surface area contributed by atoms with Crippen LogP contribution in [0.2, 0.25) is 0 Å². The minimum atomic E-state index is -0.401. The van der Waals surface area contributed by atoms with Crippen LogP contribution in [0, 0.1) is 5.82 Å². The van der Waals surface area contributed by atoms with Crippen LogP contribution in [-0.2, 0) is 20.0 Å². The Bertz CT molecular complexity index is 1590. The predicted molar refractivity (Wildman–Crippen MR) is 146 cm³/mol. The fourth-order valence-corrected chi connectivity index (χ4v) is 5.43. The van der Waals surface area contributed by atoms with Gasteiger partial charge in [-0.3, -0.25) is 9.67 Å². The number of nitrogens with two attached hydrogens (primary N) is 2. The largest absolute Gasteiger partial charge is 0.382 e. The van der Waals surface area contributed by atoms with Crippen LogP contribution in [0.3, 0.4) is 0 Å². The number of aryl methyl sites for hydroxylation is 1. The molecule has 1 atom stereocenters. The van der Waals surface area contributed by atoms with Crippen LogP contribution >= 0.6 is 0 Å². The number of hydrogen-bond acceptors (Lipinski definition) is 7. The molecule has 1 aromatic carbocycles. The molecule has 0 unspecified atom stereocenters. The van der Waals surface area contributed by atoms with Gasteiger partial charge < -0.3 is 20.9 Å². The molecule has 6 rings (SSSR count). The maximum Gasteiger partial charge on any atom is 0.151 e. The molecule has 5 aromatic rings. The second-order valence-electron chi connectivity index (χ2n) is 10.2. The zero-order valence-electron chi connectivity index (χ0n) is 21.3. The van der Waals surface area contributed by atoms with E-state index >= 15 is 0 Å². The van der Waals surface area contributed by atoms with Crippen LogP contribution in [0.15, 0.2) is 67.4 Å². The van der Waals surface area contributed by atoms with Crippen LogP contribution in [0.1, 0.15) is 24.1 Å². The molecule has 0 spiro atoms. The molecule has 1 fully saturated rings. The maximum absolute atomic E-state index is 13.6. The van der Waals surface area contributed by atoms with Crippen molar-refractivity contribution in [1.82, 2.24) is 29.3 Å². The molecule has 1 saturated heterocycles. The van der Waals surface area contributed by atoms with Gasteiger partial charge in [0.1, 0.15) is 11.3 Å². The first-order chi connectivity index (χ1) is 18.4. The monoisotopic (exact) mass is 511 g/mol. The van der Waals surface area contributed by atoms with Crippen molar-refractivity contribution in [1.29, 1.82) is 0 Å². The van der Waals surface area contributed by atoms with Gasteiger partial charge in [0.05, 0.1) is 41.7 Å². The Morgan fingerprint density at radius 1 is 1.08 bits per heavy atom. The third-order valence-corrected chi connectivity index (χ3v) is 7.26. The Morgan fingerprint density at radius 2 is 1.92 bits per heavy atom. The normalized spacial score (nSPS) is 17.8. The van der Waals surface area contributed by atoms with Crippen molar-refractivity contribution in [2.24, 2.45) is 12.8 Å². The molecular weight excluding hydrogens is 481 g/mol. The van der Waals surface area contributed by atoms with Gasteiger partial charge in [0.25, 0.3) is 0 Å². The molecule has 4 N–H and O–H groups in total. The van der Waals surface area contributed by atoms with E-state index in [1.54, 1.807) is 24.7 Å². The first kappa shape index (κ1) is 24.1. The third-order valence-electron chi connectivity index (χ3n) is 7.26. The summed E-state index contributed by atoms with van der Waals surface area (Å²) in [7, 11) is 1.92. The van der Waals surface area contributed by atoms with Gasteiger partial charge in [0, 0.05) is 50.1 Å². The van der Waals surface area contributed by atoms with E-state index in [2.05, 4.69) is 30.6 Å². The lowest BCUT2D eigenvalue weighted by Crippen LogP contribution is -2.56. The number of nitrogens with zero attached hydrogens (tertiary/aromatic N) is 7. The first-order valence-electron chi connectivity index (χ1n) is 12.7. The standard InChI is InChI=1S/C28H30FN9/c1-36-12-8-22(35-36)14-28(31)9-2-11-37(17-28)25-15-33-23(19-3-5-21(29)6-4-19)13-20(25)16-38-18-34-26-24(38)7-10-32-27(26)30/h3-8,10,12-13,15,18H,2,9,11,14,16-17,31H2,1H3,(H2,30,32)/t28-/m0/s1. The molecule has 0 saturated carbocycles. The van der Waals surface area contributed by atoms with Crippen molar-refractivity contribution >= 4 is 22.5 Å². The van der Waals surface area contributed by atoms with Gasteiger partial charge in [0.15, 0.2) is 5.82 Å². The van der Waals surface area contributed by atoms with Gasteiger partial charge in [-0.05, 0) is 60.9 Å². The van der Waals surface area contributed by atoms with Gasteiger partial charge in [-0.1, -0.05) is 0 Å². The highest BCUT2D eigenvalue weighted by Gasteiger charge is 2.33. The molecule has 9 nitrogen and oxygen atoms in total. The number of anilines is 2. The highest BCUT2D eigenvalue weighted by Crippen LogP contribution is 2.32. The quantitative estimate of drug-likeness (QED) is 0.358. The summed E-state index contributed by atoms with van der Waals surface area (Å²) in [6, 6.07) is 12.4. The number of benzene rings is 1. The van der Waals surface area contributed by atoms with E-state index in [0.717, 1.165) is 53.1 Å². The van der Waals surface area contributed by atoms with E-state index in [4.69, 9.17) is 16.5 Å². The fourth-order valence-electron chi connectivity index (χ4n) is 5.43. The lowest BCUT2D eigenvalue weighted by molar-refractivity contribution is 0.338. The lowest BCUT2D eigenvalue weighted by atomic mass is 9.85. The van der Waals surface area contributed by atoms with Crippen molar-refractivity contribution in [3.63, 3.8) is 0 Å². The predicted octanol–water partition coefficient (Wildman–Crippen LogP) is 3.54. The van der Waals surface area contributed by atoms with Crippen molar-refractivity contribution in [2.45, 2.75) is 31.3 Å². The summed E-state index contributed by atoms with van der Waals surface area (Å²) in [6.45, 7) is 2.13. The highest BCUT2D eigenvalue weighted by molar-refractivity contribution is 5.84. The van der Waals surface area contributed by atoms with E-state index in [1.807, 2.05) is 36.3 Å². The highest BCUT2D eigenvalue weighted by atomic mass is 19.1. The number of nitrogen functional groups attached to an aromatic ring is 1. The fraction of sp³-hybridized carbons (Fsp3) is 0.286. The average molecular weight is 512 g/mol. The van der Waals surface area contributed by atoms with Gasteiger partial charge >= 0.3 is 0 Å². The third kappa shape index (κ3) is 4.70. The minimum absolute atomic E-state index is 0.276. The summed E-state index contributed by atoms with van der Waals surface area (Å²) < 4.78 is 17.5. The number of aromatic nitrogens is 6. The van der Waals surface area contributed by atoms with Crippen LogP contribution in [0.5, 0.6) is 0 Å². The van der Waals surface area contributed by atoms with E-state index in [-0.39, 0.29) is 5.82 Å². The van der Waals surface area contributed by atoms with Gasteiger partial charge in [-0.2, -0.15) is 5.10 Å². The molecule has 1 aliphatic rings. The molecule has 5 heterocycles. The zero-order valence-corrected chi connectivity index (χ0v) is 21.3. The Labute approximate surface area is 219 Å². The van der Waals surface area contributed by atoms with Crippen LogP contribution in [0.25, 0.3) is 22.3 Å². The Morgan fingerprint density at radius 3 is 2.71 bits per heavy atom. The number of imidazole rings is 1. The molecule has 194 valence electrons. The Balaban J connectivity index is 1.37. The Kier molecular flexibility index (Phi) is 6.03. The van der Waals surface area contributed by atoms with Crippen LogP contribution in [-0.4, -0.2) is 47.9 Å².